The molecule has 0 saturated carbocycles. The van der Waals surface area contributed by atoms with Crippen LogP contribution in [0.1, 0.15) is 33.1 Å². The standard InChI is InChI=1S/C11H24N2O2/c1-9(8-15-3)7-11(14)13-6-4-5-10(2)12/h9-10H,4-8,12H2,1-3H3,(H,13,14). The van der Waals surface area contributed by atoms with Gasteiger partial charge in [-0.2, -0.15) is 0 Å². The molecule has 0 saturated heterocycles. The second kappa shape index (κ2) is 8.68. The highest BCUT2D eigenvalue weighted by molar-refractivity contribution is 5.76. The maximum atomic E-state index is 11.4. The third kappa shape index (κ3) is 9.69. The molecule has 4 heteroatoms. The van der Waals surface area contributed by atoms with Crippen LogP contribution in [0.4, 0.5) is 0 Å². The molecule has 0 heterocycles. The minimum atomic E-state index is 0.101. The summed E-state index contributed by atoms with van der Waals surface area (Å²) >= 11 is 0. The van der Waals surface area contributed by atoms with Gasteiger partial charge in [-0.05, 0) is 25.7 Å². The first-order chi connectivity index (χ1) is 7.06. The molecule has 90 valence electrons. The Morgan fingerprint density at radius 2 is 2.13 bits per heavy atom. The molecule has 4 nitrogen and oxygen atoms in total. The molecule has 0 spiro atoms. The largest absolute Gasteiger partial charge is 0.384 e. The van der Waals surface area contributed by atoms with Crippen LogP contribution in [0, 0.1) is 5.92 Å². The number of ether oxygens (including phenoxy) is 1. The Bertz CT molecular complexity index is 172. The van der Waals surface area contributed by atoms with Crippen molar-refractivity contribution in [3.8, 4) is 0 Å². The molecule has 2 atom stereocenters. The lowest BCUT2D eigenvalue weighted by Crippen LogP contribution is -2.28. The number of hydrogen-bond donors (Lipinski definition) is 2. The first-order valence-electron chi connectivity index (χ1n) is 5.57. The summed E-state index contributed by atoms with van der Waals surface area (Å²) in [6.07, 6.45) is 2.43. The van der Waals surface area contributed by atoms with Crippen LogP contribution < -0.4 is 11.1 Å². The Labute approximate surface area is 92.6 Å². The van der Waals surface area contributed by atoms with E-state index in [1.54, 1.807) is 7.11 Å². The van der Waals surface area contributed by atoms with Crippen molar-refractivity contribution in [2.75, 3.05) is 20.3 Å². The maximum Gasteiger partial charge on any atom is 0.220 e. The zero-order chi connectivity index (χ0) is 11.7. The number of nitrogens with one attached hydrogen (secondary N) is 1. The maximum absolute atomic E-state index is 11.4. The third-order valence-electron chi connectivity index (χ3n) is 2.14. The Morgan fingerprint density at radius 1 is 1.47 bits per heavy atom. The van der Waals surface area contributed by atoms with Gasteiger partial charge in [-0.25, -0.2) is 0 Å². The van der Waals surface area contributed by atoms with Crippen LogP contribution in [-0.4, -0.2) is 32.2 Å². The normalized spacial score (nSPS) is 14.7. The molecule has 0 bridgehead atoms. The molecule has 0 rings (SSSR count). The van der Waals surface area contributed by atoms with Gasteiger partial charge in [0.1, 0.15) is 0 Å². The Kier molecular flexibility index (Phi) is 8.33. The Hall–Kier alpha value is -0.610. The van der Waals surface area contributed by atoms with E-state index >= 15 is 0 Å². The minimum Gasteiger partial charge on any atom is -0.384 e. The molecule has 0 fully saturated rings. The molecule has 0 aliphatic rings. The second-order valence-corrected chi connectivity index (χ2v) is 4.23. The fourth-order valence-electron chi connectivity index (χ4n) is 1.38. The summed E-state index contributed by atoms with van der Waals surface area (Å²) in [6.45, 7) is 5.33. The van der Waals surface area contributed by atoms with Gasteiger partial charge in [-0.3, -0.25) is 4.79 Å². The summed E-state index contributed by atoms with van der Waals surface area (Å²) < 4.78 is 4.97. The van der Waals surface area contributed by atoms with E-state index in [-0.39, 0.29) is 17.9 Å². The van der Waals surface area contributed by atoms with Gasteiger partial charge < -0.3 is 15.8 Å². The molecule has 2 unspecified atom stereocenters. The highest BCUT2D eigenvalue weighted by atomic mass is 16.5. The summed E-state index contributed by atoms with van der Waals surface area (Å²) in [7, 11) is 1.65. The van der Waals surface area contributed by atoms with Crippen molar-refractivity contribution in [3.63, 3.8) is 0 Å². The van der Waals surface area contributed by atoms with Crippen LogP contribution >= 0.6 is 0 Å². The van der Waals surface area contributed by atoms with E-state index in [0.717, 1.165) is 19.4 Å². The van der Waals surface area contributed by atoms with Gasteiger partial charge >= 0.3 is 0 Å². The van der Waals surface area contributed by atoms with Crippen LogP contribution in [0.3, 0.4) is 0 Å². The lowest BCUT2D eigenvalue weighted by Gasteiger charge is -2.10. The van der Waals surface area contributed by atoms with E-state index in [4.69, 9.17) is 10.5 Å². The van der Waals surface area contributed by atoms with E-state index < -0.39 is 0 Å². The van der Waals surface area contributed by atoms with Crippen LogP contribution in [0.5, 0.6) is 0 Å². The number of amides is 1. The van der Waals surface area contributed by atoms with Gasteiger partial charge in [0, 0.05) is 32.7 Å². The summed E-state index contributed by atoms with van der Waals surface area (Å²) in [6, 6.07) is 0.217. The predicted octanol–water partition coefficient (Wildman–Crippen LogP) is 0.903. The number of hydrogen-bond acceptors (Lipinski definition) is 3. The molecule has 0 aromatic rings. The van der Waals surface area contributed by atoms with Gasteiger partial charge in [-0.15, -0.1) is 0 Å². The molecule has 0 aliphatic heterocycles. The zero-order valence-corrected chi connectivity index (χ0v) is 10.1. The van der Waals surface area contributed by atoms with Crippen molar-refractivity contribution < 1.29 is 9.53 Å². The first-order valence-corrected chi connectivity index (χ1v) is 5.57. The van der Waals surface area contributed by atoms with E-state index in [1.165, 1.54) is 0 Å². The molecule has 0 aliphatic carbocycles. The molecule has 0 radical (unpaired) electrons. The van der Waals surface area contributed by atoms with Gasteiger partial charge in [0.15, 0.2) is 0 Å². The smallest absolute Gasteiger partial charge is 0.220 e. The minimum absolute atomic E-state index is 0.101. The van der Waals surface area contributed by atoms with Crippen LogP contribution in [0.25, 0.3) is 0 Å². The van der Waals surface area contributed by atoms with Crippen molar-refractivity contribution in [1.82, 2.24) is 5.32 Å². The number of carbonyl (C=O) groups is 1. The average Bonchev–Trinajstić information content (AvgIpc) is 2.12. The number of carbonyl (C=O) groups excluding carboxylic acids is 1. The molecule has 1 amide bonds. The molecular formula is C11H24N2O2. The summed E-state index contributed by atoms with van der Waals surface area (Å²) in [5.41, 5.74) is 5.60. The Balaban J connectivity index is 3.40. The third-order valence-corrected chi connectivity index (χ3v) is 2.14. The fourth-order valence-corrected chi connectivity index (χ4v) is 1.38. The van der Waals surface area contributed by atoms with Gasteiger partial charge in [-0.1, -0.05) is 6.92 Å². The van der Waals surface area contributed by atoms with Crippen molar-refractivity contribution in [3.05, 3.63) is 0 Å². The number of rotatable bonds is 8. The summed E-state index contributed by atoms with van der Waals surface area (Å²) in [5.74, 6) is 0.382. The van der Waals surface area contributed by atoms with Crippen molar-refractivity contribution in [2.24, 2.45) is 11.7 Å². The van der Waals surface area contributed by atoms with Gasteiger partial charge in [0.05, 0.1) is 0 Å². The van der Waals surface area contributed by atoms with Crippen LogP contribution in [-0.2, 0) is 9.53 Å². The summed E-state index contributed by atoms with van der Waals surface area (Å²) in [5, 5.41) is 2.88. The van der Waals surface area contributed by atoms with E-state index in [9.17, 15) is 4.79 Å². The van der Waals surface area contributed by atoms with E-state index in [1.807, 2.05) is 13.8 Å². The molecular weight excluding hydrogens is 192 g/mol. The number of nitrogens with two attached hydrogens (primary N) is 1. The monoisotopic (exact) mass is 216 g/mol. The van der Waals surface area contributed by atoms with E-state index in [2.05, 4.69) is 5.32 Å². The first kappa shape index (κ1) is 14.4. The second-order valence-electron chi connectivity index (χ2n) is 4.23. The molecule has 15 heavy (non-hydrogen) atoms. The van der Waals surface area contributed by atoms with Crippen LogP contribution in [0.15, 0.2) is 0 Å². The molecule has 3 N–H and O–H groups in total. The lowest BCUT2D eigenvalue weighted by molar-refractivity contribution is -0.122. The number of methoxy groups -OCH3 is 1. The topological polar surface area (TPSA) is 64.3 Å². The highest BCUT2D eigenvalue weighted by Crippen LogP contribution is 2.01. The highest BCUT2D eigenvalue weighted by Gasteiger charge is 2.07. The van der Waals surface area contributed by atoms with Crippen molar-refractivity contribution >= 4 is 5.91 Å². The van der Waals surface area contributed by atoms with Crippen LogP contribution in [0.2, 0.25) is 0 Å². The van der Waals surface area contributed by atoms with Crippen molar-refractivity contribution in [1.29, 1.82) is 0 Å². The average molecular weight is 216 g/mol. The summed E-state index contributed by atoms with van der Waals surface area (Å²) in [4.78, 5) is 11.4. The molecule has 0 aromatic heterocycles. The van der Waals surface area contributed by atoms with E-state index in [0.29, 0.717) is 13.0 Å². The lowest BCUT2D eigenvalue weighted by atomic mass is 10.1. The van der Waals surface area contributed by atoms with Gasteiger partial charge in [0.2, 0.25) is 5.91 Å². The van der Waals surface area contributed by atoms with Gasteiger partial charge in [0.25, 0.3) is 0 Å². The SMILES string of the molecule is COCC(C)CC(=O)NCCCC(C)N. The fraction of sp³-hybridized carbons (Fsp3) is 0.909. The van der Waals surface area contributed by atoms with Crippen molar-refractivity contribution in [2.45, 2.75) is 39.2 Å². The zero-order valence-electron chi connectivity index (χ0n) is 10.1. The quantitative estimate of drug-likeness (QED) is 0.593. The molecule has 0 aromatic carbocycles. The predicted molar refractivity (Wildman–Crippen MR) is 61.6 cm³/mol. The Morgan fingerprint density at radius 3 is 2.67 bits per heavy atom.